The number of hydrogen-bond donors (Lipinski definition) is 4. The Morgan fingerprint density at radius 3 is 2.00 bits per heavy atom. The number of aliphatic hydroxyl groups is 1. The smallest absolute Gasteiger partial charge is 0.119 e. The number of aromatic hydroxyl groups is 2. The standard InChI is InChI=1S/C11H17NO3/c1-7(2)11(15,6-12)8-3-9(13)5-10(14)4-8/h3-5,7,13-15H,6,12H2,1-2H3. The van der Waals surface area contributed by atoms with Gasteiger partial charge in [0, 0.05) is 12.6 Å². The molecule has 0 aliphatic rings. The molecule has 0 aliphatic carbocycles. The Kier molecular flexibility index (Phi) is 3.21. The van der Waals surface area contributed by atoms with Crippen molar-refractivity contribution in [2.75, 3.05) is 6.54 Å². The average molecular weight is 211 g/mol. The van der Waals surface area contributed by atoms with E-state index < -0.39 is 5.60 Å². The summed E-state index contributed by atoms with van der Waals surface area (Å²) in [6.07, 6.45) is 0. The Bertz CT molecular complexity index is 331. The number of benzene rings is 1. The Labute approximate surface area is 89.0 Å². The molecule has 0 aromatic heterocycles. The van der Waals surface area contributed by atoms with Gasteiger partial charge >= 0.3 is 0 Å². The fourth-order valence-corrected chi connectivity index (χ4v) is 1.53. The van der Waals surface area contributed by atoms with E-state index in [-0.39, 0.29) is 24.0 Å². The summed E-state index contributed by atoms with van der Waals surface area (Å²) in [6.45, 7) is 3.69. The predicted octanol–water partition coefficient (Wildman–Crippen LogP) is 0.900. The fraction of sp³-hybridized carbons (Fsp3) is 0.455. The van der Waals surface area contributed by atoms with Crippen molar-refractivity contribution in [3.8, 4) is 11.5 Å². The van der Waals surface area contributed by atoms with E-state index >= 15 is 0 Å². The summed E-state index contributed by atoms with van der Waals surface area (Å²) < 4.78 is 0. The van der Waals surface area contributed by atoms with Gasteiger partial charge in [-0.3, -0.25) is 0 Å². The molecule has 1 rings (SSSR count). The molecule has 0 amide bonds. The van der Waals surface area contributed by atoms with E-state index in [1.54, 1.807) is 0 Å². The van der Waals surface area contributed by atoms with Gasteiger partial charge in [-0.25, -0.2) is 0 Å². The van der Waals surface area contributed by atoms with Crippen molar-refractivity contribution < 1.29 is 15.3 Å². The first-order chi connectivity index (χ1) is 6.90. The highest BCUT2D eigenvalue weighted by atomic mass is 16.3. The van der Waals surface area contributed by atoms with Gasteiger partial charge in [0.2, 0.25) is 0 Å². The lowest BCUT2D eigenvalue weighted by atomic mass is 9.83. The highest BCUT2D eigenvalue weighted by Gasteiger charge is 2.32. The maximum Gasteiger partial charge on any atom is 0.119 e. The number of hydrogen-bond acceptors (Lipinski definition) is 4. The Balaban J connectivity index is 3.23. The van der Waals surface area contributed by atoms with Crippen LogP contribution in [0.2, 0.25) is 0 Å². The molecule has 0 bridgehead atoms. The van der Waals surface area contributed by atoms with Crippen LogP contribution in [0, 0.1) is 5.92 Å². The second kappa shape index (κ2) is 4.08. The largest absolute Gasteiger partial charge is 0.508 e. The molecule has 0 fully saturated rings. The van der Waals surface area contributed by atoms with Gasteiger partial charge in [0.05, 0.1) is 0 Å². The number of phenols is 2. The monoisotopic (exact) mass is 211 g/mol. The van der Waals surface area contributed by atoms with Crippen LogP contribution in [0.4, 0.5) is 0 Å². The van der Waals surface area contributed by atoms with Gasteiger partial charge in [-0.05, 0) is 23.6 Å². The summed E-state index contributed by atoms with van der Waals surface area (Å²) in [4.78, 5) is 0. The van der Waals surface area contributed by atoms with Crippen LogP contribution in [0.25, 0.3) is 0 Å². The first-order valence-corrected chi connectivity index (χ1v) is 4.86. The molecule has 0 aliphatic heterocycles. The molecule has 1 aromatic carbocycles. The van der Waals surface area contributed by atoms with E-state index in [2.05, 4.69) is 0 Å². The van der Waals surface area contributed by atoms with Crippen molar-refractivity contribution in [3.63, 3.8) is 0 Å². The lowest BCUT2D eigenvalue weighted by Gasteiger charge is -2.31. The number of phenolic OH excluding ortho intramolecular Hbond substituents is 2. The van der Waals surface area contributed by atoms with Gasteiger partial charge in [0.15, 0.2) is 0 Å². The zero-order valence-electron chi connectivity index (χ0n) is 8.94. The molecule has 0 spiro atoms. The Morgan fingerprint density at radius 2 is 1.67 bits per heavy atom. The molecule has 5 N–H and O–H groups in total. The normalized spacial score (nSPS) is 15.3. The minimum atomic E-state index is -1.23. The van der Waals surface area contributed by atoms with Crippen LogP contribution in [-0.2, 0) is 5.60 Å². The van der Waals surface area contributed by atoms with E-state index in [0.717, 1.165) is 0 Å². The summed E-state index contributed by atoms with van der Waals surface area (Å²) in [7, 11) is 0. The molecular formula is C11H17NO3. The first kappa shape index (κ1) is 11.8. The summed E-state index contributed by atoms with van der Waals surface area (Å²) >= 11 is 0. The first-order valence-electron chi connectivity index (χ1n) is 4.86. The van der Waals surface area contributed by atoms with Crippen LogP contribution in [0.15, 0.2) is 18.2 Å². The van der Waals surface area contributed by atoms with Gasteiger partial charge in [0.1, 0.15) is 17.1 Å². The fourth-order valence-electron chi connectivity index (χ4n) is 1.53. The maximum atomic E-state index is 10.3. The number of rotatable bonds is 3. The SMILES string of the molecule is CC(C)C(O)(CN)c1cc(O)cc(O)c1. The highest BCUT2D eigenvalue weighted by molar-refractivity contribution is 5.39. The Hall–Kier alpha value is -1.26. The molecule has 0 saturated carbocycles. The third-order valence-corrected chi connectivity index (χ3v) is 2.67. The second-order valence-electron chi connectivity index (χ2n) is 4.02. The molecule has 4 heteroatoms. The van der Waals surface area contributed by atoms with E-state index in [1.807, 2.05) is 13.8 Å². The van der Waals surface area contributed by atoms with Crippen LogP contribution >= 0.6 is 0 Å². The molecule has 1 atom stereocenters. The summed E-state index contributed by atoms with van der Waals surface area (Å²) in [5.74, 6) is -0.279. The van der Waals surface area contributed by atoms with E-state index in [1.165, 1.54) is 18.2 Å². The zero-order valence-corrected chi connectivity index (χ0v) is 8.94. The van der Waals surface area contributed by atoms with Gasteiger partial charge in [-0.2, -0.15) is 0 Å². The van der Waals surface area contributed by atoms with Crippen molar-refractivity contribution in [1.29, 1.82) is 0 Å². The van der Waals surface area contributed by atoms with E-state index in [4.69, 9.17) is 5.73 Å². The molecule has 0 heterocycles. The lowest BCUT2D eigenvalue weighted by Crippen LogP contribution is -2.39. The second-order valence-corrected chi connectivity index (χ2v) is 4.02. The molecule has 84 valence electrons. The lowest BCUT2D eigenvalue weighted by molar-refractivity contribution is -0.00148. The minimum absolute atomic E-state index is 0.0353. The van der Waals surface area contributed by atoms with E-state index in [9.17, 15) is 15.3 Å². The summed E-state index contributed by atoms with van der Waals surface area (Å²) in [5.41, 5.74) is 4.73. The van der Waals surface area contributed by atoms with Gasteiger partial charge in [-0.15, -0.1) is 0 Å². The zero-order chi connectivity index (χ0) is 11.6. The average Bonchev–Trinajstić information content (AvgIpc) is 2.14. The third kappa shape index (κ3) is 2.22. The molecule has 1 aromatic rings. The van der Waals surface area contributed by atoms with Crippen molar-refractivity contribution in [1.82, 2.24) is 0 Å². The van der Waals surface area contributed by atoms with Crippen LogP contribution in [-0.4, -0.2) is 21.9 Å². The highest BCUT2D eigenvalue weighted by Crippen LogP contribution is 2.33. The summed E-state index contributed by atoms with van der Waals surface area (Å²) in [5, 5.41) is 28.9. The van der Waals surface area contributed by atoms with Crippen LogP contribution in [0.5, 0.6) is 11.5 Å². The molecule has 1 unspecified atom stereocenters. The predicted molar refractivity (Wildman–Crippen MR) is 57.6 cm³/mol. The van der Waals surface area contributed by atoms with Crippen molar-refractivity contribution >= 4 is 0 Å². The van der Waals surface area contributed by atoms with Crippen molar-refractivity contribution in [2.45, 2.75) is 19.4 Å². The Morgan fingerprint density at radius 1 is 1.20 bits per heavy atom. The quantitative estimate of drug-likeness (QED) is 0.598. The molecular weight excluding hydrogens is 194 g/mol. The minimum Gasteiger partial charge on any atom is -0.508 e. The van der Waals surface area contributed by atoms with Gasteiger partial charge in [0.25, 0.3) is 0 Å². The molecule has 0 radical (unpaired) electrons. The van der Waals surface area contributed by atoms with E-state index in [0.29, 0.717) is 5.56 Å². The third-order valence-electron chi connectivity index (χ3n) is 2.67. The van der Waals surface area contributed by atoms with Gasteiger partial charge in [-0.1, -0.05) is 13.8 Å². The maximum absolute atomic E-state index is 10.3. The topological polar surface area (TPSA) is 86.7 Å². The number of nitrogens with two attached hydrogens (primary N) is 1. The molecule has 0 saturated heterocycles. The van der Waals surface area contributed by atoms with Crippen LogP contribution < -0.4 is 5.73 Å². The van der Waals surface area contributed by atoms with Gasteiger partial charge < -0.3 is 21.1 Å². The van der Waals surface area contributed by atoms with Crippen molar-refractivity contribution in [3.05, 3.63) is 23.8 Å². The summed E-state index contributed by atoms with van der Waals surface area (Å²) in [6, 6.07) is 4.03. The molecule has 4 nitrogen and oxygen atoms in total. The van der Waals surface area contributed by atoms with Crippen molar-refractivity contribution in [2.24, 2.45) is 11.7 Å². The van der Waals surface area contributed by atoms with Crippen LogP contribution in [0.1, 0.15) is 19.4 Å². The van der Waals surface area contributed by atoms with Crippen LogP contribution in [0.3, 0.4) is 0 Å². The molecule has 15 heavy (non-hydrogen) atoms.